The van der Waals surface area contributed by atoms with Gasteiger partial charge in [-0.1, -0.05) is 53.7 Å². The van der Waals surface area contributed by atoms with Gasteiger partial charge in [-0.25, -0.2) is 4.68 Å². The first kappa shape index (κ1) is 16.9. The van der Waals surface area contributed by atoms with E-state index in [1.54, 1.807) is 23.0 Å². The monoisotopic (exact) mass is 336 g/mol. The van der Waals surface area contributed by atoms with Gasteiger partial charge in [0.2, 0.25) is 5.91 Å². The minimum atomic E-state index is -0.826. The van der Waals surface area contributed by atoms with Crippen LogP contribution >= 0.6 is 0 Å². The fourth-order valence-corrected chi connectivity index (χ4v) is 2.53. The number of aliphatic hydroxyl groups is 1. The first-order valence-electron chi connectivity index (χ1n) is 8.13. The van der Waals surface area contributed by atoms with Crippen LogP contribution in [0.5, 0.6) is 0 Å². The predicted octanol–water partition coefficient (Wildman–Crippen LogP) is 2.57. The van der Waals surface area contributed by atoms with Crippen LogP contribution in [0.2, 0.25) is 0 Å². The molecular weight excluding hydrogens is 316 g/mol. The Balaban J connectivity index is 1.59. The number of carbonyl (C=O) groups excluding carboxylic acids is 1. The van der Waals surface area contributed by atoms with E-state index in [0.717, 1.165) is 11.3 Å². The number of amides is 1. The molecular formula is C19H20N4O2. The van der Waals surface area contributed by atoms with Crippen molar-refractivity contribution in [1.82, 2.24) is 20.3 Å². The molecule has 3 aromatic rings. The molecule has 6 heteroatoms. The highest BCUT2D eigenvalue weighted by Crippen LogP contribution is 2.17. The molecule has 1 amide bonds. The van der Waals surface area contributed by atoms with Crippen LogP contribution in [0, 0.1) is 0 Å². The number of benzene rings is 2. The fourth-order valence-electron chi connectivity index (χ4n) is 2.53. The quantitative estimate of drug-likeness (QED) is 0.725. The Kier molecular flexibility index (Phi) is 5.20. The van der Waals surface area contributed by atoms with Crippen LogP contribution in [0.15, 0.2) is 66.9 Å². The maximum Gasteiger partial charge on any atom is 0.223 e. The normalized spacial score (nSPS) is 13.2. The summed E-state index contributed by atoms with van der Waals surface area (Å²) in [5.74, 6) is -0.238. The zero-order valence-electron chi connectivity index (χ0n) is 13.9. The van der Waals surface area contributed by atoms with Crippen molar-refractivity contribution in [3.8, 4) is 5.69 Å². The molecule has 0 bridgehead atoms. The van der Waals surface area contributed by atoms with Crippen molar-refractivity contribution in [1.29, 1.82) is 0 Å². The third kappa shape index (κ3) is 4.30. The Morgan fingerprint density at radius 3 is 2.44 bits per heavy atom. The van der Waals surface area contributed by atoms with Crippen LogP contribution in [0.25, 0.3) is 5.69 Å². The summed E-state index contributed by atoms with van der Waals surface area (Å²) in [5, 5.41) is 21.2. The highest BCUT2D eigenvalue weighted by molar-refractivity contribution is 5.77. The van der Waals surface area contributed by atoms with Gasteiger partial charge in [0.25, 0.3) is 0 Å². The zero-order chi connectivity index (χ0) is 17.6. The van der Waals surface area contributed by atoms with Gasteiger partial charge in [-0.05, 0) is 24.6 Å². The van der Waals surface area contributed by atoms with E-state index in [1.165, 1.54) is 0 Å². The minimum Gasteiger partial charge on any atom is -0.388 e. The van der Waals surface area contributed by atoms with Crippen molar-refractivity contribution in [3.63, 3.8) is 0 Å². The van der Waals surface area contributed by atoms with Gasteiger partial charge in [0.1, 0.15) is 5.69 Å². The minimum absolute atomic E-state index is 0.00117. The molecule has 3 rings (SSSR count). The summed E-state index contributed by atoms with van der Waals surface area (Å²) in [6, 6.07) is 18.5. The van der Waals surface area contributed by atoms with Crippen LogP contribution in [0.4, 0.5) is 0 Å². The smallest absolute Gasteiger partial charge is 0.223 e. The molecule has 0 aliphatic heterocycles. The van der Waals surface area contributed by atoms with E-state index < -0.39 is 6.10 Å². The Hall–Kier alpha value is -2.99. The van der Waals surface area contributed by atoms with Crippen LogP contribution < -0.4 is 5.32 Å². The molecule has 128 valence electrons. The van der Waals surface area contributed by atoms with Crippen LogP contribution in [0.1, 0.15) is 36.7 Å². The van der Waals surface area contributed by atoms with Gasteiger partial charge in [0.05, 0.1) is 30.5 Å². The molecule has 0 aliphatic carbocycles. The highest BCUT2D eigenvalue weighted by atomic mass is 16.3. The Morgan fingerprint density at radius 2 is 1.76 bits per heavy atom. The summed E-state index contributed by atoms with van der Waals surface area (Å²) in [7, 11) is 0. The maximum absolute atomic E-state index is 12.2. The van der Waals surface area contributed by atoms with E-state index in [2.05, 4.69) is 15.6 Å². The van der Waals surface area contributed by atoms with Gasteiger partial charge >= 0.3 is 0 Å². The van der Waals surface area contributed by atoms with Crippen molar-refractivity contribution < 1.29 is 9.90 Å². The summed E-state index contributed by atoms with van der Waals surface area (Å²) >= 11 is 0. The lowest BCUT2D eigenvalue weighted by Gasteiger charge is -2.14. The summed E-state index contributed by atoms with van der Waals surface area (Å²) in [6.07, 6.45) is 0.961. The Labute approximate surface area is 146 Å². The summed E-state index contributed by atoms with van der Waals surface area (Å²) < 4.78 is 1.66. The second-order valence-corrected chi connectivity index (χ2v) is 5.84. The largest absolute Gasteiger partial charge is 0.388 e. The number of para-hydroxylation sites is 1. The standard InChI is InChI=1S/C19H20N4O2/c1-14(17-13-23(22-21-17)16-10-6-3-7-11-16)20-19(25)12-18(24)15-8-4-2-5-9-15/h2-11,13-14,18,24H,12H2,1H3,(H,20,25). The highest BCUT2D eigenvalue weighted by Gasteiger charge is 2.17. The summed E-state index contributed by atoms with van der Waals surface area (Å²) in [5.41, 5.74) is 2.28. The fraction of sp³-hybridized carbons (Fsp3) is 0.211. The molecule has 2 unspecified atom stereocenters. The number of rotatable bonds is 6. The van der Waals surface area contributed by atoms with E-state index in [9.17, 15) is 9.90 Å². The molecule has 0 radical (unpaired) electrons. The van der Waals surface area contributed by atoms with E-state index in [0.29, 0.717) is 5.69 Å². The number of aromatic nitrogens is 3. The predicted molar refractivity (Wildman–Crippen MR) is 93.9 cm³/mol. The summed E-state index contributed by atoms with van der Waals surface area (Å²) in [4.78, 5) is 12.2. The van der Waals surface area contributed by atoms with E-state index in [1.807, 2.05) is 55.5 Å². The first-order valence-corrected chi connectivity index (χ1v) is 8.13. The Bertz CT molecular complexity index is 818. The number of aliphatic hydroxyl groups excluding tert-OH is 1. The van der Waals surface area contributed by atoms with E-state index >= 15 is 0 Å². The molecule has 0 fully saturated rings. The Morgan fingerprint density at radius 1 is 1.12 bits per heavy atom. The first-order chi connectivity index (χ1) is 12.1. The van der Waals surface area contributed by atoms with Crippen LogP contribution in [0.3, 0.4) is 0 Å². The number of carbonyl (C=O) groups is 1. The molecule has 0 aliphatic rings. The van der Waals surface area contributed by atoms with Gasteiger partial charge in [-0.2, -0.15) is 0 Å². The molecule has 0 saturated carbocycles. The van der Waals surface area contributed by atoms with Gasteiger partial charge < -0.3 is 10.4 Å². The number of nitrogens with zero attached hydrogens (tertiary/aromatic N) is 3. The molecule has 0 spiro atoms. The van der Waals surface area contributed by atoms with Crippen molar-refractivity contribution in [2.24, 2.45) is 0 Å². The van der Waals surface area contributed by atoms with Crippen LogP contribution in [-0.4, -0.2) is 26.0 Å². The number of hydrogen-bond donors (Lipinski definition) is 2. The second-order valence-electron chi connectivity index (χ2n) is 5.84. The molecule has 25 heavy (non-hydrogen) atoms. The molecule has 0 saturated heterocycles. The third-order valence-corrected chi connectivity index (χ3v) is 3.92. The van der Waals surface area contributed by atoms with Gasteiger partial charge in [-0.3, -0.25) is 4.79 Å². The van der Waals surface area contributed by atoms with Crippen molar-refractivity contribution in [2.45, 2.75) is 25.5 Å². The zero-order valence-corrected chi connectivity index (χ0v) is 13.9. The average molecular weight is 336 g/mol. The molecule has 2 aromatic carbocycles. The van der Waals surface area contributed by atoms with Crippen molar-refractivity contribution >= 4 is 5.91 Å². The van der Waals surface area contributed by atoms with Crippen molar-refractivity contribution in [2.75, 3.05) is 0 Å². The lowest BCUT2D eigenvalue weighted by atomic mass is 10.1. The molecule has 1 heterocycles. The van der Waals surface area contributed by atoms with Gasteiger partial charge in [0.15, 0.2) is 0 Å². The average Bonchev–Trinajstić information content (AvgIpc) is 3.13. The molecule has 2 N–H and O–H groups in total. The maximum atomic E-state index is 12.2. The van der Waals surface area contributed by atoms with Crippen molar-refractivity contribution in [3.05, 3.63) is 78.1 Å². The van der Waals surface area contributed by atoms with E-state index in [-0.39, 0.29) is 18.4 Å². The van der Waals surface area contributed by atoms with Crippen LogP contribution in [-0.2, 0) is 4.79 Å². The third-order valence-electron chi connectivity index (χ3n) is 3.92. The lowest BCUT2D eigenvalue weighted by Crippen LogP contribution is -2.28. The molecule has 1 aromatic heterocycles. The molecule has 2 atom stereocenters. The SMILES string of the molecule is CC(NC(=O)CC(O)c1ccccc1)c1cn(-c2ccccc2)nn1. The topological polar surface area (TPSA) is 80.0 Å². The molecule has 6 nitrogen and oxygen atoms in total. The van der Waals surface area contributed by atoms with E-state index in [4.69, 9.17) is 0 Å². The summed E-state index contributed by atoms with van der Waals surface area (Å²) in [6.45, 7) is 1.84. The van der Waals surface area contributed by atoms with Gasteiger partial charge in [0, 0.05) is 0 Å². The van der Waals surface area contributed by atoms with Gasteiger partial charge in [-0.15, -0.1) is 5.10 Å². The number of hydrogen-bond acceptors (Lipinski definition) is 4. The number of nitrogens with one attached hydrogen (secondary N) is 1. The second kappa shape index (κ2) is 7.72. The lowest BCUT2D eigenvalue weighted by molar-refractivity contribution is -0.123.